The van der Waals surface area contributed by atoms with Crippen molar-refractivity contribution in [3.8, 4) is 5.75 Å². The molecule has 0 saturated carbocycles. The summed E-state index contributed by atoms with van der Waals surface area (Å²) in [6, 6.07) is 5.20. The summed E-state index contributed by atoms with van der Waals surface area (Å²) >= 11 is 0. The van der Waals surface area contributed by atoms with Crippen molar-refractivity contribution in [2.24, 2.45) is 5.92 Å². The highest BCUT2D eigenvalue weighted by Gasteiger charge is 2.10. The Balaban J connectivity index is 2.49. The fourth-order valence-corrected chi connectivity index (χ4v) is 2.08. The minimum absolute atomic E-state index is 0.0325. The molecule has 1 aromatic carbocycles. The highest BCUT2D eigenvalue weighted by Crippen LogP contribution is 2.26. The van der Waals surface area contributed by atoms with E-state index in [0.717, 1.165) is 19.5 Å². The second-order valence-corrected chi connectivity index (χ2v) is 5.53. The predicted molar refractivity (Wildman–Crippen MR) is 87.6 cm³/mol. The molecule has 0 spiro atoms. The average molecular weight is 293 g/mol. The summed E-state index contributed by atoms with van der Waals surface area (Å²) in [5, 5.41) is 2.85. The molecule has 118 valence electrons. The van der Waals surface area contributed by atoms with Crippen LogP contribution in [0.25, 0.3) is 0 Å². The summed E-state index contributed by atoms with van der Waals surface area (Å²) < 4.78 is 5.21. The van der Waals surface area contributed by atoms with Crippen LogP contribution in [-0.2, 0) is 4.79 Å². The van der Waals surface area contributed by atoms with Gasteiger partial charge < -0.3 is 20.7 Å². The molecule has 1 unspecified atom stereocenters. The Morgan fingerprint density at radius 3 is 2.81 bits per heavy atom. The van der Waals surface area contributed by atoms with Gasteiger partial charge in [-0.05, 0) is 31.2 Å². The first kappa shape index (κ1) is 17.3. The zero-order valence-electron chi connectivity index (χ0n) is 13.5. The fourth-order valence-electron chi connectivity index (χ4n) is 2.08. The Hall–Kier alpha value is -1.75. The Kier molecular flexibility index (Phi) is 7.02. The molecular formula is C16H27N3O2. The summed E-state index contributed by atoms with van der Waals surface area (Å²) in [6.07, 6.45) is 1.60. The number of nitrogen functional groups attached to an aromatic ring is 1. The van der Waals surface area contributed by atoms with Gasteiger partial charge in [0.15, 0.2) is 0 Å². The molecule has 0 heterocycles. The smallest absolute Gasteiger partial charge is 0.225 e. The lowest BCUT2D eigenvalue weighted by Gasteiger charge is -2.20. The first-order chi connectivity index (χ1) is 9.96. The summed E-state index contributed by atoms with van der Waals surface area (Å²) in [4.78, 5) is 14.2. The van der Waals surface area contributed by atoms with Crippen LogP contribution in [0.15, 0.2) is 18.2 Å². The molecule has 1 aromatic rings. The molecule has 0 radical (unpaired) electrons. The van der Waals surface area contributed by atoms with Crippen LogP contribution in [0.1, 0.15) is 26.7 Å². The van der Waals surface area contributed by atoms with Gasteiger partial charge in [-0.25, -0.2) is 0 Å². The normalized spacial score (nSPS) is 12.2. The molecule has 5 heteroatoms. The summed E-state index contributed by atoms with van der Waals surface area (Å²) in [7, 11) is 3.61. The summed E-state index contributed by atoms with van der Waals surface area (Å²) in [5.74, 6) is 1.23. The zero-order chi connectivity index (χ0) is 15.8. The van der Waals surface area contributed by atoms with Crippen molar-refractivity contribution in [1.29, 1.82) is 0 Å². The summed E-state index contributed by atoms with van der Waals surface area (Å²) in [5.41, 5.74) is 6.95. The third kappa shape index (κ3) is 6.04. The van der Waals surface area contributed by atoms with E-state index in [0.29, 0.717) is 29.5 Å². The van der Waals surface area contributed by atoms with E-state index in [1.807, 2.05) is 7.05 Å². The molecule has 5 nitrogen and oxygen atoms in total. The van der Waals surface area contributed by atoms with Crippen molar-refractivity contribution in [2.75, 3.05) is 38.3 Å². The lowest BCUT2D eigenvalue weighted by Crippen LogP contribution is -2.28. The Morgan fingerprint density at radius 2 is 2.19 bits per heavy atom. The molecule has 0 aliphatic heterocycles. The maximum atomic E-state index is 12.0. The number of rotatable bonds is 8. The fraction of sp³-hybridized carbons (Fsp3) is 0.562. The maximum Gasteiger partial charge on any atom is 0.225 e. The molecule has 1 amide bonds. The van der Waals surface area contributed by atoms with E-state index in [-0.39, 0.29) is 5.91 Å². The number of hydrogen-bond donors (Lipinski definition) is 2. The van der Waals surface area contributed by atoms with Gasteiger partial charge in [-0.15, -0.1) is 0 Å². The van der Waals surface area contributed by atoms with E-state index in [1.165, 1.54) is 0 Å². The molecule has 0 aromatic heterocycles. The second kappa shape index (κ2) is 8.52. The van der Waals surface area contributed by atoms with Crippen molar-refractivity contribution in [2.45, 2.75) is 26.7 Å². The van der Waals surface area contributed by atoms with Crippen LogP contribution in [0, 0.1) is 5.92 Å². The lowest BCUT2D eigenvalue weighted by atomic mass is 10.1. The number of ether oxygens (including phenoxy) is 1. The number of methoxy groups -OCH3 is 1. The van der Waals surface area contributed by atoms with Gasteiger partial charge >= 0.3 is 0 Å². The lowest BCUT2D eigenvalue weighted by molar-refractivity contribution is -0.116. The van der Waals surface area contributed by atoms with E-state index in [4.69, 9.17) is 10.5 Å². The number of nitrogens with zero attached hydrogens (tertiary/aromatic N) is 1. The maximum absolute atomic E-state index is 12.0. The molecule has 0 saturated heterocycles. The molecule has 0 aliphatic carbocycles. The third-order valence-corrected chi connectivity index (χ3v) is 3.54. The minimum Gasteiger partial charge on any atom is -0.495 e. The predicted octanol–water partition coefficient (Wildman–Crippen LogP) is 2.58. The number of benzene rings is 1. The standard InChI is InChI=1S/C16H27N3O2/c1-5-12(2)11-19(3)9-8-16(20)18-14-10-13(17)6-7-15(14)21-4/h6-7,10,12H,5,8-9,11,17H2,1-4H3,(H,18,20). The number of carbonyl (C=O) groups is 1. The van der Waals surface area contributed by atoms with Crippen LogP contribution in [0.2, 0.25) is 0 Å². The zero-order valence-corrected chi connectivity index (χ0v) is 13.5. The van der Waals surface area contributed by atoms with Crippen molar-refractivity contribution >= 4 is 17.3 Å². The summed E-state index contributed by atoms with van der Waals surface area (Å²) in [6.45, 7) is 6.14. The van der Waals surface area contributed by atoms with E-state index in [2.05, 4.69) is 24.1 Å². The molecule has 3 N–H and O–H groups in total. The molecule has 21 heavy (non-hydrogen) atoms. The van der Waals surface area contributed by atoms with Gasteiger partial charge in [0.05, 0.1) is 12.8 Å². The molecule has 1 atom stereocenters. The van der Waals surface area contributed by atoms with Crippen LogP contribution in [0.4, 0.5) is 11.4 Å². The van der Waals surface area contributed by atoms with Gasteiger partial charge in [0, 0.05) is 25.2 Å². The van der Waals surface area contributed by atoms with E-state index in [9.17, 15) is 4.79 Å². The van der Waals surface area contributed by atoms with E-state index >= 15 is 0 Å². The van der Waals surface area contributed by atoms with Crippen molar-refractivity contribution in [3.05, 3.63) is 18.2 Å². The molecule has 0 fully saturated rings. The number of carbonyl (C=O) groups excluding carboxylic acids is 1. The van der Waals surface area contributed by atoms with Gasteiger partial charge in [0.1, 0.15) is 5.75 Å². The number of nitrogens with two attached hydrogens (primary N) is 1. The minimum atomic E-state index is -0.0325. The van der Waals surface area contributed by atoms with Crippen LogP contribution in [-0.4, -0.2) is 38.1 Å². The number of hydrogen-bond acceptors (Lipinski definition) is 4. The molecule has 0 aliphatic rings. The SMILES string of the molecule is CCC(C)CN(C)CCC(=O)Nc1cc(N)ccc1OC. The van der Waals surface area contributed by atoms with Gasteiger partial charge in [-0.2, -0.15) is 0 Å². The Bertz CT molecular complexity index is 463. The Labute approximate surface area is 127 Å². The second-order valence-electron chi connectivity index (χ2n) is 5.53. The van der Waals surface area contributed by atoms with E-state index < -0.39 is 0 Å². The number of anilines is 2. The monoisotopic (exact) mass is 293 g/mol. The van der Waals surface area contributed by atoms with Crippen molar-refractivity contribution in [1.82, 2.24) is 4.90 Å². The topological polar surface area (TPSA) is 67.6 Å². The van der Waals surface area contributed by atoms with Gasteiger partial charge in [0.25, 0.3) is 0 Å². The average Bonchev–Trinajstić information content (AvgIpc) is 2.45. The third-order valence-electron chi connectivity index (χ3n) is 3.54. The number of amides is 1. The number of nitrogens with one attached hydrogen (secondary N) is 1. The van der Waals surface area contributed by atoms with Crippen LogP contribution < -0.4 is 15.8 Å². The first-order valence-corrected chi connectivity index (χ1v) is 7.38. The van der Waals surface area contributed by atoms with Gasteiger partial charge in [-0.1, -0.05) is 20.3 Å². The van der Waals surface area contributed by atoms with Crippen LogP contribution in [0.5, 0.6) is 5.75 Å². The van der Waals surface area contributed by atoms with E-state index in [1.54, 1.807) is 25.3 Å². The first-order valence-electron chi connectivity index (χ1n) is 7.38. The van der Waals surface area contributed by atoms with Gasteiger partial charge in [-0.3, -0.25) is 4.79 Å². The largest absolute Gasteiger partial charge is 0.495 e. The Morgan fingerprint density at radius 1 is 1.48 bits per heavy atom. The molecule has 1 rings (SSSR count). The highest BCUT2D eigenvalue weighted by molar-refractivity contribution is 5.93. The van der Waals surface area contributed by atoms with Crippen LogP contribution >= 0.6 is 0 Å². The molecular weight excluding hydrogens is 266 g/mol. The van der Waals surface area contributed by atoms with Gasteiger partial charge in [0.2, 0.25) is 5.91 Å². The highest BCUT2D eigenvalue weighted by atomic mass is 16.5. The van der Waals surface area contributed by atoms with Crippen LogP contribution in [0.3, 0.4) is 0 Å². The van der Waals surface area contributed by atoms with Crippen molar-refractivity contribution < 1.29 is 9.53 Å². The van der Waals surface area contributed by atoms with Crippen molar-refractivity contribution in [3.63, 3.8) is 0 Å². The molecule has 0 bridgehead atoms. The quantitative estimate of drug-likeness (QED) is 0.723.